The standard InChI is InChI=1S/C15H18BrN3O2S/c1-2-11-6-3-4-7-12(11)14(17)10-19-22(20,21)15-13(16)8-5-9-18-15/h3-9,14,19H,2,10,17H2,1H3. The molecule has 0 spiro atoms. The third-order valence-corrected chi connectivity index (χ3v) is 5.59. The normalized spacial score (nSPS) is 13.0. The van der Waals surface area contributed by atoms with Gasteiger partial charge in [-0.2, -0.15) is 0 Å². The summed E-state index contributed by atoms with van der Waals surface area (Å²) in [6.07, 6.45) is 2.29. The van der Waals surface area contributed by atoms with Crippen LogP contribution in [0.2, 0.25) is 0 Å². The molecule has 1 aromatic heterocycles. The quantitative estimate of drug-likeness (QED) is 0.801. The second-order valence-corrected chi connectivity index (χ2v) is 7.34. The summed E-state index contributed by atoms with van der Waals surface area (Å²) in [4.78, 5) is 3.90. The highest BCUT2D eigenvalue weighted by atomic mass is 79.9. The smallest absolute Gasteiger partial charge is 0.259 e. The zero-order valence-corrected chi connectivity index (χ0v) is 14.6. The molecule has 2 rings (SSSR count). The maximum Gasteiger partial charge on any atom is 0.259 e. The van der Waals surface area contributed by atoms with Crippen LogP contribution >= 0.6 is 15.9 Å². The van der Waals surface area contributed by atoms with Crippen LogP contribution in [0.15, 0.2) is 52.1 Å². The van der Waals surface area contributed by atoms with Crippen molar-refractivity contribution in [1.29, 1.82) is 0 Å². The number of nitrogens with one attached hydrogen (secondary N) is 1. The van der Waals surface area contributed by atoms with Crippen molar-refractivity contribution in [2.45, 2.75) is 24.4 Å². The van der Waals surface area contributed by atoms with E-state index in [2.05, 4.69) is 25.6 Å². The van der Waals surface area contributed by atoms with Gasteiger partial charge in [0.2, 0.25) is 0 Å². The van der Waals surface area contributed by atoms with Gasteiger partial charge in [0.05, 0.1) is 4.47 Å². The second kappa shape index (κ2) is 7.32. The summed E-state index contributed by atoms with van der Waals surface area (Å²) in [5.74, 6) is 0. The summed E-state index contributed by atoms with van der Waals surface area (Å²) in [7, 11) is -3.70. The van der Waals surface area contributed by atoms with Crippen molar-refractivity contribution in [1.82, 2.24) is 9.71 Å². The Morgan fingerprint density at radius 1 is 1.27 bits per heavy atom. The third kappa shape index (κ3) is 3.92. The first-order chi connectivity index (χ1) is 10.5. The Bertz CT molecular complexity index is 750. The molecule has 7 heteroatoms. The molecule has 0 aliphatic heterocycles. The predicted octanol–water partition coefficient (Wildman–Crippen LogP) is 2.38. The maximum absolute atomic E-state index is 12.3. The van der Waals surface area contributed by atoms with Crippen LogP contribution in [-0.4, -0.2) is 19.9 Å². The van der Waals surface area contributed by atoms with E-state index in [0.29, 0.717) is 4.47 Å². The molecule has 0 saturated carbocycles. The lowest BCUT2D eigenvalue weighted by molar-refractivity contribution is 0.567. The van der Waals surface area contributed by atoms with Gasteiger partial charge in [-0.25, -0.2) is 18.1 Å². The SMILES string of the molecule is CCc1ccccc1C(N)CNS(=O)(=O)c1ncccc1Br. The largest absolute Gasteiger partial charge is 0.323 e. The van der Waals surface area contributed by atoms with Gasteiger partial charge >= 0.3 is 0 Å². The number of rotatable bonds is 6. The Morgan fingerprint density at radius 3 is 2.68 bits per heavy atom. The van der Waals surface area contributed by atoms with E-state index in [-0.39, 0.29) is 11.6 Å². The van der Waals surface area contributed by atoms with Gasteiger partial charge in [-0.3, -0.25) is 0 Å². The number of nitrogens with two attached hydrogens (primary N) is 1. The molecule has 118 valence electrons. The predicted molar refractivity (Wildman–Crippen MR) is 89.9 cm³/mol. The Balaban J connectivity index is 2.14. The molecular formula is C15H18BrN3O2S. The minimum absolute atomic E-state index is 0.0361. The highest BCUT2D eigenvalue weighted by Crippen LogP contribution is 2.20. The first-order valence-corrected chi connectivity index (χ1v) is 9.17. The molecule has 1 heterocycles. The van der Waals surface area contributed by atoms with Gasteiger partial charge in [-0.05, 0) is 45.6 Å². The van der Waals surface area contributed by atoms with Crippen LogP contribution < -0.4 is 10.5 Å². The molecule has 0 fully saturated rings. The van der Waals surface area contributed by atoms with Gasteiger partial charge in [0.15, 0.2) is 5.03 Å². The third-order valence-electron chi connectivity index (χ3n) is 3.31. The summed E-state index contributed by atoms with van der Waals surface area (Å²) < 4.78 is 27.5. The number of hydrogen-bond donors (Lipinski definition) is 2. The molecule has 3 N–H and O–H groups in total. The van der Waals surface area contributed by atoms with Crippen LogP contribution in [0, 0.1) is 0 Å². The van der Waals surface area contributed by atoms with Crippen molar-refractivity contribution >= 4 is 26.0 Å². The van der Waals surface area contributed by atoms with Gasteiger partial charge in [0.1, 0.15) is 0 Å². The van der Waals surface area contributed by atoms with Crippen molar-refractivity contribution in [3.8, 4) is 0 Å². The number of nitrogens with zero attached hydrogens (tertiary/aromatic N) is 1. The Kier molecular flexibility index (Phi) is 5.69. The van der Waals surface area contributed by atoms with Crippen LogP contribution in [0.5, 0.6) is 0 Å². The molecule has 1 atom stereocenters. The molecule has 0 amide bonds. The highest BCUT2D eigenvalue weighted by Gasteiger charge is 2.20. The lowest BCUT2D eigenvalue weighted by atomic mass is 9.99. The van der Waals surface area contributed by atoms with Crippen LogP contribution in [-0.2, 0) is 16.4 Å². The molecule has 0 radical (unpaired) electrons. The van der Waals surface area contributed by atoms with Crippen molar-refractivity contribution in [2.75, 3.05) is 6.54 Å². The second-order valence-electron chi connectivity index (χ2n) is 4.80. The van der Waals surface area contributed by atoms with E-state index in [0.717, 1.165) is 17.5 Å². The van der Waals surface area contributed by atoms with E-state index < -0.39 is 16.1 Å². The molecule has 5 nitrogen and oxygen atoms in total. The summed E-state index contributed by atoms with van der Waals surface area (Å²) in [5.41, 5.74) is 8.21. The topological polar surface area (TPSA) is 85.1 Å². The van der Waals surface area contributed by atoms with Crippen molar-refractivity contribution in [3.05, 3.63) is 58.2 Å². The van der Waals surface area contributed by atoms with E-state index in [1.54, 1.807) is 12.1 Å². The monoisotopic (exact) mass is 383 g/mol. The number of aromatic nitrogens is 1. The fraction of sp³-hybridized carbons (Fsp3) is 0.267. The van der Waals surface area contributed by atoms with Gasteiger partial charge in [0, 0.05) is 18.8 Å². The Labute approximate surface area is 139 Å². The molecule has 0 aliphatic rings. The molecule has 0 aliphatic carbocycles. The number of sulfonamides is 1. The zero-order chi connectivity index (χ0) is 16.2. The highest BCUT2D eigenvalue weighted by molar-refractivity contribution is 9.10. The fourth-order valence-electron chi connectivity index (χ4n) is 2.16. The molecular weight excluding hydrogens is 366 g/mol. The number of halogens is 1. The number of hydrogen-bond acceptors (Lipinski definition) is 4. The molecule has 22 heavy (non-hydrogen) atoms. The minimum Gasteiger partial charge on any atom is -0.323 e. The van der Waals surface area contributed by atoms with Crippen LogP contribution in [0.4, 0.5) is 0 Å². The molecule has 0 bridgehead atoms. The van der Waals surface area contributed by atoms with Gasteiger partial charge < -0.3 is 5.73 Å². The average molecular weight is 384 g/mol. The molecule has 1 unspecified atom stereocenters. The first kappa shape index (κ1) is 17.1. The summed E-state index contributed by atoms with van der Waals surface area (Å²) in [5, 5.41) is -0.0361. The van der Waals surface area contributed by atoms with Gasteiger partial charge in [0.25, 0.3) is 10.0 Å². The van der Waals surface area contributed by atoms with E-state index in [4.69, 9.17) is 5.73 Å². The minimum atomic E-state index is -3.70. The fourth-order valence-corrected chi connectivity index (χ4v) is 4.12. The molecule has 0 saturated heterocycles. The first-order valence-electron chi connectivity index (χ1n) is 6.89. The molecule has 2 aromatic rings. The zero-order valence-electron chi connectivity index (χ0n) is 12.2. The van der Waals surface area contributed by atoms with Crippen LogP contribution in [0.3, 0.4) is 0 Å². The van der Waals surface area contributed by atoms with Crippen LogP contribution in [0.25, 0.3) is 0 Å². The van der Waals surface area contributed by atoms with Gasteiger partial charge in [-0.1, -0.05) is 31.2 Å². The average Bonchev–Trinajstić information content (AvgIpc) is 2.53. The summed E-state index contributed by atoms with van der Waals surface area (Å²) >= 11 is 3.19. The van der Waals surface area contributed by atoms with Crippen molar-refractivity contribution in [3.63, 3.8) is 0 Å². The Hall–Kier alpha value is -1.28. The molecule has 1 aromatic carbocycles. The van der Waals surface area contributed by atoms with E-state index in [1.807, 2.05) is 31.2 Å². The van der Waals surface area contributed by atoms with E-state index in [1.165, 1.54) is 6.20 Å². The van der Waals surface area contributed by atoms with Crippen molar-refractivity contribution in [2.24, 2.45) is 5.73 Å². The number of benzene rings is 1. The lowest BCUT2D eigenvalue weighted by Crippen LogP contribution is -2.33. The number of pyridine rings is 1. The summed E-state index contributed by atoms with van der Waals surface area (Å²) in [6, 6.07) is 10.7. The Morgan fingerprint density at radius 2 is 2.00 bits per heavy atom. The van der Waals surface area contributed by atoms with E-state index >= 15 is 0 Å². The number of aryl methyl sites for hydroxylation is 1. The van der Waals surface area contributed by atoms with Gasteiger partial charge in [-0.15, -0.1) is 0 Å². The lowest BCUT2D eigenvalue weighted by Gasteiger charge is -2.16. The van der Waals surface area contributed by atoms with E-state index in [9.17, 15) is 8.42 Å². The van der Waals surface area contributed by atoms with Crippen LogP contribution in [0.1, 0.15) is 24.1 Å². The van der Waals surface area contributed by atoms with Crippen molar-refractivity contribution < 1.29 is 8.42 Å². The maximum atomic E-state index is 12.3. The summed E-state index contributed by atoms with van der Waals surface area (Å²) in [6.45, 7) is 2.16.